The SMILES string of the molecule is CCCN1C(=O)C(=O)/C(=C(\O)c2ccc(F)c(C)c2)C1c1ccc(N(CC)CC)cc1. The summed E-state index contributed by atoms with van der Waals surface area (Å²) in [6.07, 6.45) is 0.677. The Morgan fingerprint density at radius 3 is 2.26 bits per heavy atom. The van der Waals surface area contributed by atoms with Crippen molar-refractivity contribution in [3.63, 3.8) is 0 Å². The largest absolute Gasteiger partial charge is 0.507 e. The molecule has 3 rings (SSSR count). The number of aryl methyl sites for hydroxylation is 1. The zero-order valence-electron chi connectivity index (χ0n) is 18.5. The highest BCUT2D eigenvalue weighted by Gasteiger charge is 2.45. The zero-order chi connectivity index (χ0) is 22.7. The maximum Gasteiger partial charge on any atom is 0.295 e. The first kappa shape index (κ1) is 22.5. The number of Topliss-reactive ketones (excluding diaryl/α,β-unsaturated/α-hetero) is 1. The number of ketones is 1. The number of halogens is 1. The summed E-state index contributed by atoms with van der Waals surface area (Å²) in [5.74, 6) is -2.02. The molecule has 1 heterocycles. The van der Waals surface area contributed by atoms with E-state index in [0.717, 1.165) is 24.3 Å². The Morgan fingerprint density at radius 1 is 1.06 bits per heavy atom. The molecular weight excluding hydrogens is 395 g/mol. The number of carbonyl (C=O) groups is 2. The predicted molar refractivity (Wildman–Crippen MR) is 120 cm³/mol. The maximum atomic E-state index is 13.7. The van der Waals surface area contributed by atoms with Crippen molar-refractivity contribution in [3.05, 3.63) is 70.5 Å². The Balaban J connectivity index is 2.13. The Kier molecular flexibility index (Phi) is 6.78. The van der Waals surface area contributed by atoms with Crippen molar-refractivity contribution in [2.75, 3.05) is 24.5 Å². The first-order valence-electron chi connectivity index (χ1n) is 10.7. The van der Waals surface area contributed by atoms with Gasteiger partial charge >= 0.3 is 0 Å². The molecule has 5 nitrogen and oxygen atoms in total. The number of carbonyl (C=O) groups excluding carboxylic acids is 2. The van der Waals surface area contributed by atoms with Crippen LogP contribution in [0.15, 0.2) is 48.0 Å². The van der Waals surface area contributed by atoms with Gasteiger partial charge in [0, 0.05) is 30.9 Å². The van der Waals surface area contributed by atoms with Crippen LogP contribution in [-0.2, 0) is 9.59 Å². The minimum absolute atomic E-state index is 0.0417. The van der Waals surface area contributed by atoms with E-state index in [1.807, 2.05) is 31.2 Å². The molecule has 6 heteroatoms. The van der Waals surface area contributed by atoms with Crippen LogP contribution in [0.4, 0.5) is 10.1 Å². The van der Waals surface area contributed by atoms with Crippen molar-refractivity contribution in [1.29, 1.82) is 0 Å². The average molecular weight is 425 g/mol. The molecule has 1 atom stereocenters. The van der Waals surface area contributed by atoms with E-state index in [2.05, 4.69) is 18.7 Å². The monoisotopic (exact) mass is 424 g/mol. The predicted octanol–water partition coefficient (Wildman–Crippen LogP) is 4.81. The Hall–Kier alpha value is -3.15. The van der Waals surface area contributed by atoms with Crippen LogP contribution in [0.5, 0.6) is 0 Å². The van der Waals surface area contributed by atoms with Gasteiger partial charge in [-0.3, -0.25) is 9.59 Å². The second-order valence-electron chi connectivity index (χ2n) is 7.72. The van der Waals surface area contributed by atoms with Crippen LogP contribution in [0, 0.1) is 12.7 Å². The van der Waals surface area contributed by atoms with Crippen molar-refractivity contribution >= 4 is 23.1 Å². The highest BCUT2D eigenvalue weighted by molar-refractivity contribution is 6.46. The fourth-order valence-electron chi connectivity index (χ4n) is 4.10. The molecule has 1 unspecified atom stereocenters. The normalized spacial score (nSPS) is 18.0. The van der Waals surface area contributed by atoms with E-state index < -0.39 is 23.5 Å². The van der Waals surface area contributed by atoms with Crippen LogP contribution in [0.25, 0.3) is 5.76 Å². The zero-order valence-corrected chi connectivity index (χ0v) is 18.5. The number of nitrogens with zero attached hydrogens (tertiary/aromatic N) is 2. The van der Waals surface area contributed by atoms with Crippen LogP contribution in [0.3, 0.4) is 0 Å². The highest BCUT2D eigenvalue weighted by atomic mass is 19.1. The van der Waals surface area contributed by atoms with Crippen LogP contribution >= 0.6 is 0 Å². The van der Waals surface area contributed by atoms with Gasteiger partial charge in [-0.2, -0.15) is 0 Å². The second kappa shape index (κ2) is 9.33. The lowest BCUT2D eigenvalue weighted by Crippen LogP contribution is -2.30. The number of anilines is 1. The third-order valence-corrected chi connectivity index (χ3v) is 5.77. The van der Waals surface area contributed by atoms with Gasteiger partial charge in [0.2, 0.25) is 0 Å². The minimum Gasteiger partial charge on any atom is -0.507 e. The standard InChI is InChI=1S/C25H29FN2O3/c1-5-14-28-22(17-8-11-19(12-9-17)27(6-2)7-3)21(24(30)25(28)31)23(29)18-10-13-20(26)16(4)15-18/h8-13,15,22,29H,5-7,14H2,1-4H3/b23-21-. The summed E-state index contributed by atoms with van der Waals surface area (Å²) in [6.45, 7) is 9.82. The summed E-state index contributed by atoms with van der Waals surface area (Å²) < 4.78 is 13.7. The summed E-state index contributed by atoms with van der Waals surface area (Å²) >= 11 is 0. The topological polar surface area (TPSA) is 60.9 Å². The fourth-order valence-corrected chi connectivity index (χ4v) is 4.10. The van der Waals surface area contributed by atoms with E-state index in [-0.39, 0.29) is 11.3 Å². The summed E-state index contributed by atoms with van der Waals surface area (Å²) in [5, 5.41) is 11.0. The molecule has 0 aliphatic carbocycles. The van der Waals surface area contributed by atoms with E-state index in [9.17, 15) is 19.1 Å². The Morgan fingerprint density at radius 2 is 1.71 bits per heavy atom. The molecule has 2 aromatic rings. The number of aliphatic hydroxyl groups is 1. The highest BCUT2D eigenvalue weighted by Crippen LogP contribution is 2.40. The number of likely N-dealkylation sites (tertiary alicyclic amines) is 1. The first-order chi connectivity index (χ1) is 14.8. The van der Waals surface area contributed by atoms with Gasteiger partial charge in [-0.05, 0) is 68.7 Å². The van der Waals surface area contributed by atoms with Crippen LogP contribution < -0.4 is 4.90 Å². The van der Waals surface area contributed by atoms with Crippen LogP contribution in [-0.4, -0.2) is 41.3 Å². The molecule has 164 valence electrons. The van der Waals surface area contributed by atoms with E-state index >= 15 is 0 Å². The van der Waals surface area contributed by atoms with Crippen molar-refractivity contribution in [2.45, 2.75) is 40.2 Å². The van der Waals surface area contributed by atoms with Crippen LogP contribution in [0.1, 0.15) is 49.9 Å². The van der Waals surface area contributed by atoms with Gasteiger partial charge in [0.05, 0.1) is 11.6 Å². The molecule has 31 heavy (non-hydrogen) atoms. The van der Waals surface area contributed by atoms with E-state index in [1.54, 1.807) is 6.92 Å². The quantitative estimate of drug-likeness (QED) is 0.394. The molecule has 1 aliphatic heterocycles. The van der Waals surface area contributed by atoms with Crippen molar-refractivity contribution in [2.24, 2.45) is 0 Å². The van der Waals surface area contributed by atoms with E-state index in [4.69, 9.17) is 0 Å². The van der Waals surface area contributed by atoms with Gasteiger partial charge in [0.1, 0.15) is 11.6 Å². The number of benzene rings is 2. The molecule has 0 aromatic heterocycles. The average Bonchev–Trinajstić information content (AvgIpc) is 3.02. The van der Waals surface area contributed by atoms with Gasteiger partial charge in [-0.1, -0.05) is 19.1 Å². The Labute approximate surface area is 182 Å². The van der Waals surface area contributed by atoms with E-state index in [0.29, 0.717) is 24.1 Å². The number of hydrogen-bond acceptors (Lipinski definition) is 4. The number of rotatable bonds is 7. The summed E-state index contributed by atoms with van der Waals surface area (Å²) in [5.41, 5.74) is 2.52. The van der Waals surface area contributed by atoms with Gasteiger partial charge in [0.15, 0.2) is 0 Å². The molecule has 1 aliphatic rings. The van der Waals surface area contributed by atoms with Crippen LogP contribution in [0.2, 0.25) is 0 Å². The third kappa shape index (κ3) is 4.20. The van der Waals surface area contributed by atoms with Gasteiger partial charge < -0.3 is 14.9 Å². The molecule has 1 amide bonds. The summed E-state index contributed by atoms with van der Waals surface area (Å²) in [6, 6.07) is 11.2. The number of hydrogen-bond donors (Lipinski definition) is 1. The van der Waals surface area contributed by atoms with E-state index in [1.165, 1.54) is 23.1 Å². The molecule has 1 N–H and O–H groups in total. The molecule has 0 radical (unpaired) electrons. The van der Waals surface area contributed by atoms with Crippen molar-refractivity contribution in [1.82, 2.24) is 4.90 Å². The molecule has 2 aromatic carbocycles. The molecule has 1 fully saturated rings. The lowest BCUT2D eigenvalue weighted by atomic mass is 9.94. The third-order valence-electron chi connectivity index (χ3n) is 5.77. The smallest absolute Gasteiger partial charge is 0.295 e. The van der Waals surface area contributed by atoms with Gasteiger partial charge in [-0.25, -0.2) is 4.39 Å². The molecule has 1 saturated heterocycles. The maximum absolute atomic E-state index is 13.7. The fraction of sp³-hybridized carbons (Fsp3) is 0.360. The first-order valence-corrected chi connectivity index (χ1v) is 10.7. The molecule has 0 spiro atoms. The van der Waals surface area contributed by atoms with Crippen molar-refractivity contribution in [3.8, 4) is 0 Å². The number of aliphatic hydroxyl groups excluding tert-OH is 1. The second-order valence-corrected chi connectivity index (χ2v) is 7.72. The molecular formula is C25H29FN2O3. The number of amides is 1. The van der Waals surface area contributed by atoms with Crippen molar-refractivity contribution < 1.29 is 19.1 Å². The molecule has 0 saturated carbocycles. The lowest BCUT2D eigenvalue weighted by molar-refractivity contribution is -0.139. The minimum atomic E-state index is -0.717. The van der Waals surface area contributed by atoms with Gasteiger partial charge in [-0.15, -0.1) is 0 Å². The summed E-state index contributed by atoms with van der Waals surface area (Å²) in [7, 11) is 0. The lowest BCUT2D eigenvalue weighted by Gasteiger charge is -2.26. The molecule has 0 bridgehead atoms. The summed E-state index contributed by atoms with van der Waals surface area (Å²) in [4.78, 5) is 29.4. The van der Waals surface area contributed by atoms with Gasteiger partial charge in [0.25, 0.3) is 11.7 Å². The Bertz CT molecular complexity index is 1010.